The summed E-state index contributed by atoms with van der Waals surface area (Å²) < 4.78 is 5.41. The van der Waals surface area contributed by atoms with E-state index < -0.39 is 0 Å². The summed E-state index contributed by atoms with van der Waals surface area (Å²) in [5, 5.41) is 0. The van der Waals surface area contributed by atoms with Crippen molar-refractivity contribution in [1.82, 2.24) is 0 Å². The summed E-state index contributed by atoms with van der Waals surface area (Å²) >= 11 is 0. The quantitative estimate of drug-likeness (QED) is 0.650. The average molecular weight is 194 g/mol. The lowest BCUT2D eigenvalue weighted by Crippen LogP contribution is -1.93. The molecule has 0 radical (unpaired) electrons. The second-order valence-corrected chi connectivity index (χ2v) is 3.56. The molecule has 14 heavy (non-hydrogen) atoms. The van der Waals surface area contributed by atoms with E-state index in [4.69, 9.17) is 4.42 Å². The van der Waals surface area contributed by atoms with E-state index in [0.29, 0.717) is 0 Å². The van der Waals surface area contributed by atoms with Gasteiger partial charge >= 0.3 is 0 Å². The van der Waals surface area contributed by atoms with Gasteiger partial charge in [-0.1, -0.05) is 26.7 Å². The Labute approximate surface area is 85.3 Å². The zero-order chi connectivity index (χ0) is 10.4. The molecule has 1 rings (SSSR count). The minimum Gasteiger partial charge on any atom is -0.468 e. The molecule has 0 saturated heterocycles. The van der Waals surface area contributed by atoms with E-state index in [2.05, 4.69) is 13.8 Å². The minimum atomic E-state index is 0.734. The first-order valence-electron chi connectivity index (χ1n) is 5.37. The van der Waals surface area contributed by atoms with Crippen LogP contribution in [0.15, 0.2) is 10.7 Å². The summed E-state index contributed by atoms with van der Waals surface area (Å²) in [4.78, 5) is 10.7. The van der Waals surface area contributed by atoms with Crippen molar-refractivity contribution >= 4 is 6.29 Å². The molecule has 2 heteroatoms. The van der Waals surface area contributed by atoms with Gasteiger partial charge in [0.25, 0.3) is 0 Å². The van der Waals surface area contributed by atoms with Crippen LogP contribution in [-0.2, 0) is 12.8 Å². The number of carbonyl (C=O) groups excluding carboxylic acids is 1. The number of furan rings is 1. The Balaban J connectivity index is 2.80. The molecule has 0 atom stereocenters. The van der Waals surface area contributed by atoms with E-state index in [1.54, 1.807) is 6.26 Å². The molecule has 0 N–H and O–H groups in total. The summed E-state index contributed by atoms with van der Waals surface area (Å²) in [5.74, 6) is 1.01. The van der Waals surface area contributed by atoms with Gasteiger partial charge in [0.2, 0.25) is 0 Å². The summed E-state index contributed by atoms with van der Waals surface area (Å²) in [7, 11) is 0. The maximum absolute atomic E-state index is 10.7. The van der Waals surface area contributed by atoms with Gasteiger partial charge in [-0.05, 0) is 12.8 Å². The highest BCUT2D eigenvalue weighted by atomic mass is 16.3. The zero-order valence-electron chi connectivity index (χ0n) is 9.01. The molecule has 1 heterocycles. The van der Waals surface area contributed by atoms with Crippen LogP contribution in [0.5, 0.6) is 0 Å². The second kappa shape index (κ2) is 5.63. The van der Waals surface area contributed by atoms with Crippen molar-refractivity contribution in [3.05, 3.63) is 23.2 Å². The van der Waals surface area contributed by atoms with E-state index in [1.807, 2.05) is 0 Å². The largest absolute Gasteiger partial charge is 0.468 e. The predicted octanol–water partition coefficient (Wildman–Crippen LogP) is 3.39. The first-order valence-corrected chi connectivity index (χ1v) is 5.37. The average Bonchev–Trinajstić information content (AvgIpc) is 2.58. The number of aldehydes is 1. The first-order chi connectivity index (χ1) is 6.83. The van der Waals surface area contributed by atoms with E-state index in [0.717, 1.165) is 55.3 Å². The first kappa shape index (κ1) is 11.0. The number of unbranched alkanes of at least 4 members (excludes halogenated alkanes) is 1. The van der Waals surface area contributed by atoms with E-state index in [1.165, 1.54) is 0 Å². The van der Waals surface area contributed by atoms with Crippen LogP contribution in [0.4, 0.5) is 0 Å². The molecule has 1 aromatic rings. The highest BCUT2D eigenvalue weighted by Crippen LogP contribution is 2.19. The zero-order valence-corrected chi connectivity index (χ0v) is 9.01. The van der Waals surface area contributed by atoms with Crippen LogP contribution in [0.2, 0.25) is 0 Å². The van der Waals surface area contributed by atoms with Crippen LogP contribution >= 0.6 is 0 Å². The lowest BCUT2D eigenvalue weighted by molar-refractivity contribution is 0.112. The molecule has 0 spiro atoms. The van der Waals surface area contributed by atoms with Crippen LogP contribution in [0.25, 0.3) is 0 Å². The van der Waals surface area contributed by atoms with Gasteiger partial charge in [-0.2, -0.15) is 0 Å². The Morgan fingerprint density at radius 2 is 2.07 bits per heavy atom. The Hall–Kier alpha value is -1.05. The highest BCUT2D eigenvalue weighted by molar-refractivity contribution is 5.77. The van der Waals surface area contributed by atoms with Gasteiger partial charge < -0.3 is 4.42 Å². The molecule has 0 saturated carbocycles. The maximum atomic E-state index is 10.7. The predicted molar refractivity (Wildman–Crippen MR) is 56.7 cm³/mol. The third-order valence-electron chi connectivity index (χ3n) is 2.40. The summed E-state index contributed by atoms with van der Waals surface area (Å²) in [5.41, 5.74) is 1.86. The SMILES string of the molecule is CCCCc1occ(C=O)c1CCC. The van der Waals surface area contributed by atoms with Crippen molar-refractivity contribution < 1.29 is 9.21 Å². The summed E-state index contributed by atoms with van der Waals surface area (Å²) in [6.07, 6.45) is 7.72. The molecular weight excluding hydrogens is 176 g/mol. The lowest BCUT2D eigenvalue weighted by atomic mass is 10.0. The third kappa shape index (κ3) is 2.47. The molecule has 0 fully saturated rings. The fraction of sp³-hybridized carbons (Fsp3) is 0.583. The number of rotatable bonds is 6. The van der Waals surface area contributed by atoms with Crippen LogP contribution in [0.3, 0.4) is 0 Å². The van der Waals surface area contributed by atoms with Crippen molar-refractivity contribution in [1.29, 1.82) is 0 Å². The molecule has 1 aromatic heterocycles. The maximum Gasteiger partial charge on any atom is 0.153 e. The molecule has 0 aliphatic heterocycles. The molecule has 0 aliphatic rings. The lowest BCUT2D eigenvalue weighted by Gasteiger charge is -2.00. The molecule has 78 valence electrons. The minimum absolute atomic E-state index is 0.734. The number of hydrogen-bond acceptors (Lipinski definition) is 2. The Bertz CT molecular complexity index is 287. The van der Waals surface area contributed by atoms with Crippen molar-refractivity contribution in [2.24, 2.45) is 0 Å². The fourth-order valence-electron chi connectivity index (χ4n) is 1.62. The van der Waals surface area contributed by atoms with Crippen LogP contribution in [0.1, 0.15) is 54.8 Å². The number of aryl methyl sites for hydroxylation is 1. The topological polar surface area (TPSA) is 30.2 Å². The van der Waals surface area contributed by atoms with Gasteiger partial charge in [0, 0.05) is 12.0 Å². The molecule has 0 aromatic carbocycles. The Kier molecular flexibility index (Phi) is 4.44. The van der Waals surface area contributed by atoms with Gasteiger partial charge in [0.15, 0.2) is 6.29 Å². The Morgan fingerprint density at radius 3 is 2.64 bits per heavy atom. The fourth-order valence-corrected chi connectivity index (χ4v) is 1.62. The van der Waals surface area contributed by atoms with Gasteiger partial charge in [0.1, 0.15) is 12.0 Å². The Morgan fingerprint density at radius 1 is 1.29 bits per heavy atom. The standard InChI is InChI=1S/C12H18O2/c1-3-5-7-12-11(6-4-2)10(8-13)9-14-12/h8-9H,3-7H2,1-2H3. The van der Waals surface area contributed by atoms with Gasteiger partial charge in [0.05, 0.1) is 5.56 Å². The van der Waals surface area contributed by atoms with Crippen LogP contribution in [-0.4, -0.2) is 6.29 Å². The van der Waals surface area contributed by atoms with Gasteiger partial charge in [-0.25, -0.2) is 0 Å². The molecule has 0 bridgehead atoms. The molecule has 0 amide bonds. The smallest absolute Gasteiger partial charge is 0.153 e. The summed E-state index contributed by atoms with van der Waals surface area (Å²) in [6.45, 7) is 4.27. The second-order valence-electron chi connectivity index (χ2n) is 3.56. The summed E-state index contributed by atoms with van der Waals surface area (Å²) in [6, 6.07) is 0. The molecule has 2 nitrogen and oxygen atoms in total. The van der Waals surface area contributed by atoms with Crippen molar-refractivity contribution in [2.75, 3.05) is 0 Å². The number of hydrogen-bond donors (Lipinski definition) is 0. The van der Waals surface area contributed by atoms with E-state index in [9.17, 15) is 4.79 Å². The number of carbonyl (C=O) groups is 1. The normalized spacial score (nSPS) is 10.4. The van der Waals surface area contributed by atoms with Crippen LogP contribution < -0.4 is 0 Å². The van der Waals surface area contributed by atoms with Gasteiger partial charge in [-0.3, -0.25) is 4.79 Å². The van der Waals surface area contributed by atoms with Crippen molar-refractivity contribution in [3.63, 3.8) is 0 Å². The van der Waals surface area contributed by atoms with Crippen molar-refractivity contribution in [3.8, 4) is 0 Å². The van der Waals surface area contributed by atoms with E-state index >= 15 is 0 Å². The van der Waals surface area contributed by atoms with E-state index in [-0.39, 0.29) is 0 Å². The molecule has 0 aliphatic carbocycles. The van der Waals surface area contributed by atoms with Crippen LogP contribution in [0, 0.1) is 0 Å². The van der Waals surface area contributed by atoms with Crippen molar-refractivity contribution in [2.45, 2.75) is 46.0 Å². The van der Waals surface area contributed by atoms with Gasteiger partial charge in [-0.15, -0.1) is 0 Å². The molecule has 0 unspecified atom stereocenters. The third-order valence-corrected chi connectivity index (χ3v) is 2.40. The highest BCUT2D eigenvalue weighted by Gasteiger charge is 2.11. The monoisotopic (exact) mass is 194 g/mol. The molecular formula is C12H18O2.